The van der Waals surface area contributed by atoms with Crippen molar-refractivity contribution in [2.75, 3.05) is 0 Å². The third-order valence-corrected chi connectivity index (χ3v) is 2.25. The van der Waals surface area contributed by atoms with Crippen molar-refractivity contribution in [3.63, 3.8) is 0 Å². The first kappa shape index (κ1) is 11.7. The maximum atomic E-state index is 5.70. The van der Waals surface area contributed by atoms with E-state index in [1.165, 1.54) is 5.54 Å². The summed E-state index contributed by atoms with van der Waals surface area (Å²) in [5, 5.41) is 0. The normalized spacial score (nSPS) is 12.0. The highest BCUT2D eigenvalue weighted by atomic mass is 35.5. The van der Waals surface area contributed by atoms with Gasteiger partial charge in [0.25, 0.3) is 0 Å². The van der Waals surface area contributed by atoms with Gasteiger partial charge in [-0.25, -0.2) is 0 Å². The summed E-state index contributed by atoms with van der Waals surface area (Å²) in [7, 11) is 0. The minimum atomic E-state index is -0.502. The molecule has 15 heavy (non-hydrogen) atoms. The van der Waals surface area contributed by atoms with E-state index in [9.17, 15) is 0 Å². The van der Waals surface area contributed by atoms with Gasteiger partial charge in [0.05, 0.1) is 5.41 Å². The molecule has 0 unspecified atom stereocenters. The van der Waals surface area contributed by atoms with Crippen LogP contribution >= 0.6 is 11.6 Å². The smallest absolute Gasteiger partial charge is 0.133 e. The summed E-state index contributed by atoms with van der Waals surface area (Å²) in [5.74, 6) is 3.93. The third kappa shape index (κ3) is 3.04. The maximum Gasteiger partial charge on any atom is 0.133 e. The lowest BCUT2D eigenvalue weighted by atomic mass is 9.93. The summed E-state index contributed by atoms with van der Waals surface area (Å²) in [6, 6.07) is 9.41. The lowest BCUT2D eigenvalue weighted by Gasteiger charge is -2.21. The number of hydrogen-bond acceptors (Lipinski definition) is 1. The van der Waals surface area contributed by atoms with Gasteiger partial charge in [-0.05, 0) is 26.0 Å². The highest BCUT2D eigenvalue weighted by molar-refractivity contribution is 6.25. The molecule has 78 valence electrons. The van der Waals surface area contributed by atoms with E-state index in [2.05, 4.69) is 5.92 Å². The molecule has 0 bridgehead atoms. The van der Waals surface area contributed by atoms with Gasteiger partial charge in [0, 0.05) is 5.54 Å². The number of para-hydroxylation sites is 1. The topological polar surface area (TPSA) is 9.23 Å². The van der Waals surface area contributed by atoms with Crippen molar-refractivity contribution in [3.05, 3.63) is 41.6 Å². The molecule has 2 heteroatoms. The molecule has 0 aliphatic rings. The zero-order chi connectivity index (χ0) is 11.3. The highest BCUT2D eigenvalue weighted by Gasteiger charge is 2.22. The third-order valence-electron chi connectivity index (χ3n) is 2.05. The Morgan fingerprint density at radius 1 is 1.40 bits per heavy atom. The van der Waals surface area contributed by atoms with Gasteiger partial charge in [-0.3, -0.25) is 0 Å². The first-order valence-electron chi connectivity index (χ1n) is 4.61. The van der Waals surface area contributed by atoms with E-state index < -0.39 is 5.41 Å². The van der Waals surface area contributed by atoms with Crippen LogP contribution < -0.4 is 4.74 Å². The van der Waals surface area contributed by atoms with Gasteiger partial charge < -0.3 is 4.74 Å². The Morgan fingerprint density at radius 3 is 2.47 bits per heavy atom. The molecule has 1 nitrogen and oxygen atoms in total. The average Bonchev–Trinajstić information content (AvgIpc) is 2.27. The molecule has 0 heterocycles. The van der Waals surface area contributed by atoms with Crippen LogP contribution in [-0.4, -0.2) is 0 Å². The van der Waals surface area contributed by atoms with Crippen molar-refractivity contribution < 1.29 is 4.74 Å². The zero-order valence-corrected chi connectivity index (χ0v) is 9.58. The van der Waals surface area contributed by atoms with Crippen LogP contribution in [0.15, 0.2) is 41.6 Å². The summed E-state index contributed by atoms with van der Waals surface area (Å²) in [6.45, 7) is 3.76. The van der Waals surface area contributed by atoms with E-state index in [0.29, 0.717) is 5.76 Å². The lowest BCUT2D eigenvalue weighted by Crippen LogP contribution is -2.16. The molecular weight excluding hydrogens is 208 g/mol. The summed E-state index contributed by atoms with van der Waals surface area (Å²) >= 11 is 5.70. The molecule has 1 aromatic carbocycles. The maximum absolute atomic E-state index is 5.70. The fourth-order valence-corrected chi connectivity index (χ4v) is 1.29. The Hall–Kier alpha value is -1.39. The molecular formula is C13H13ClO. The Balaban J connectivity index is 2.87. The van der Waals surface area contributed by atoms with Crippen molar-refractivity contribution in [2.24, 2.45) is 5.41 Å². The van der Waals surface area contributed by atoms with E-state index in [0.717, 1.165) is 5.75 Å². The number of hydrogen-bond donors (Lipinski definition) is 0. The van der Waals surface area contributed by atoms with Gasteiger partial charge in [0.2, 0.25) is 0 Å². The fourth-order valence-electron chi connectivity index (χ4n) is 0.973. The molecule has 0 aromatic heterocycles. The molecule has 1 aromatic rings. The predicted octanol–water partition coefficient (Wildman–Crippen LogP) is 3.81. The standard InChI is InChI=1S/C13H13ClO/c1-4-13(2,3)12(10-14)15-11-8-6-5-7-9-11/h1,5-10H,2-3H3. The molecule has 0 fully saturated rings. The van der Waals surface area contributed by atoms with Crippen molar-refractivity contribution in [1.29, 1.82) is 0 Å². The van der Waals surface area contributed by atoms with Gasteiger partial charge in [0.1, 0.15) is 11.5 Å². The van der Waals surface area contributed by atoms with Crippen LogP contribution in [-0.2, 0) is 0 Å². The van der Waals surface area contributed by atoms with Gasteiger partial charge in [-0.15, -0.1) is 6.42 Å². The Morgan fingerprint density at radius 2 is 2.00 bits per heavy atom. The van der Waals surface area contributed by atoms with Gasteiger partial charge >= 0.3 is 0 Å². The molecule has 0 amide bonds. The highest BCUT2D eigenvalue weighted by Crippen LogP contribution is 2.28. The largest absolute Gasteiger partial charge is 0.459 e. The van der Waals surface area contributed by atoms with Gasteiger partial charge in [-0.1, -0.05) is 35.7 Å². The second-order valence-electron chi connectivity index (χ2n) is 3.66. The Bertz CT molecular complexity index is 385. The Labute approximate surface area is 95.7 Å². The molecule has 1 rings (SSSR count). The van der Waals surface area contributed by atoms with Crippen LogP contribution in [0.3, 0.4) is 0 Å². The second-order valence-corrected chi connectivity index (χ2v) is 3.88. The number of ether oxygens (including phenoxy) is 1. The molecule has 0 spiro atoms. The number of halogens is 1. The lowest BCUT2D eigenvalue weighted by molar-refractivity contribution is 0.329. The molecule has 0 saturated carbocycles. The molecule has 0 aliphatic heterocycles. The van der Waals surface area contributed by atoms with Crippen molar-refractivity contribution in [3.8, 4) is 18.1 Å². The molecule has 0 aliphatic carbocycles. The van der Waals surface area contributed by atoms with Gasteiger partial charge in [0.15, 0.2) is 0 Å². The van der Waals surface area contributed by atoms with Crippen LogP contribution in [0.2, 0.25) is 0 Å². The summed E-state index contributed by atoms with van der Waals surface area (Å²) in [4.78, 5) is 0. The summed E-state index contributed by atoms with van der Waals surface area (Å²) < 4.78 is 5.61. The number of benzene rings is 1. The van der Waals surface area contributed by atoms with E-state index in [-0.39, 0.29) is 0 Å². The molecule has 0 radical (unpaired) electrons. The summed E-state index contributed by atoms with van der Waals surface area (Å²) in [6.07, 6.45) is 5.41. The van der Waals surface area contributed by atoms with Crippen LogP contribution in [0.1, 0.15) is 13.8 Å². The predicted molar refractivity (Wildman–Crippen MR) is 63.6 cm³/mol. The number of terminal acetylenes is 1. The summed E-state index contributed by atoms with van der Waals surface area (Å²) in [5.41, 5.74) is 0.879. The van der Waals surface area contributed by atoms with Crippen LogP contribution in [0.25, 0.3) is 0 Å². The number of rotatable bonds is 3. The van der Waals surface area contributed by atoms with Crippen molar-refractivity contribution >= 4 is 11.6 Å². The zero-order valence-electron chi connectivity index (χ0n) is 8.83. The quantitative estimate of drug-likeness (QED) is 0.556. The van der Waals surface area contributed by atoms with E-state index in [1.54, 1.807) is 0 Å². The average molecular weight is 221 g/mol. The first-order chi connectivity index (χ1) is 7.10. The first-order valence-corrected chi connectivity index (χ1v) is 5.05. The van der Waals surface area contributed by atoms with Crippen LogP contribution in [0.5, 0.6) is 5.75 Å². The van der Waals surface area contributed by atoms with E-state index in [4.69, 9.17) is 22.8 Å². The van der Waals surface area contributed by atoms with Crippen LogP contribution in [0, 0.1) is 17.8 Å². The second kappa shape index (κ2) is 4.91. The van der Waals surface area contributed by atoms with E-state index in [1.807, 2.05) is 44.2 Å². The minimum absolute atomic E-state index is 0.502. The minimum Gasteiger partial charge on any atom is -0.459 e. The fraction of sp³-hybridized carbons (Fsp3) is 0.231. The van der Waals surface area contributed by atoms with Gasteiger partial charge in [-0.2, -0.15) is 0 Å². The van der Waals surface area contributed by atoms with Crippen LogP contribution in [0.4, 0.5) is 0 Å². The van der Waals surface area contributed by atoms with Crippen molar-refractivity contribution in [2.45, 2.75) is 13.8 Å². The van der Waals surface area contributed by atoms with E-state index >= 15 is 0 Å². The Kier molecular flexibility index (Phi) is 3.82. The molecule has 0 atom stereocenters. The molecule has 0 N–H and O–H groups in total. The molecule has 0 saturated heterocycles. The monoisotopic (exact) mass is 220 g/mol. The SMILES string of the molecule is C#CC(C)(C)C(=CCl)Oc1ccccc1. The van der Waals surface area contributed by atoms with Crippen molar-refractivity contribution in [1.82, 2.24) is 0 Å². The number of allylic oxidation sites excluding steroid dienone is 1.